The van der Waals surface area contributed by atoms with E-state index < -0.39 is 46.1 Å². The number of hydrogen-bond acceptors (Lipinski definition) is 20. The molecule has 12 atom stereocenters. The molecule has 8 fully saturated rings. The Balaban J connectivity index is 0.000000166. The van der Waals surface area contributed by atoms with E-state index in [0.29, 0.717) is 75.4 Å². The lowest BCUT2D eigenvalue weighted by molar-refractivity contribution is 0.0467. The van der Waals surface area contributed by atoms with E-state index in [1.54, 1.807) is 75.7 Å². The number of likely N-dealkylation sites (tertiary alicyclic amines) is 4. The van der Waals surface area contributed by atoms with E-state index in [9.17, 15) is 39.6 Å². The minimum Gasteiger partial charge on any atom is -0.493 e. The van der Waals surface area contributed by atoms with Gasteiger partial charge in [-0.1, -0.05) is 52.0 Å². The van der Waals surface area contributed by atoms with Crippen molar-refractivity contribution < 1.29 is 96.4 Å². The number of methoxy groups -OCH3 is 8. The second-order valence-electron chi connectivity index (χ2n) is 32.1. The highest BCUT2D eigenvalue weighted by atomic mass is 16.6. The van der Waals surface area contributed by atoms with Crippen LogP contribution >= 0.6 is 0 Å². The molecule has 4 saturated heterocycles. The van der Waals surface area contributed by atoms with Crippen LogP contribution in [-0.2, 0) is 18.9 Å². The van der Waals surface area contributed by atoms with Gasteiger partial charge in [0.15, 0.2) is 46.0 Å². The second-order valence-corrected chi connectivity index (χ2v) is 32.1. The van der Waals surface area contributed by atoms with Crippen molar-refractivity contribution >= 4 is 24.4 Å². The number of aliphatic hydroxyl groups excluding tert-OH is 4. The van der Waals surface area contributed by atoms with Gasteiger partial charge in [-0.05, 0) is 201 Å². The number of aliphatic hydroxyl groups is 4. The van der Waals surface area contributed by atoms with E-state index >= 15 is 0 Å². The highest BCUT2D eigenvalue weighted by Crippen LogP contribution is 2.52. The normalized spacial score (nSPS) is 26.9. The smallest absolute Gasteiger partial charge is 0.409 e. The lowest BCUT2D eigenvalue weighted by Gasteiger charge is -2.33. The molecule has 24 nitrogen and oxygen atoms in total. The molecule has 0 aromatic heterocycles. The highest BCUT2D eigenvalue weighted by molar-refractivity contribution is 5.70. The Bertz CT molecular complexity index is 3140. The molecule has 4 heterocycles. The van der Waals surface area contributed by atoms with Gasteiger partial charge in [0.25, 0.3) is 0 Å². The fraction of sp³-hybridized carbons (Fsp3) is 0.667. The van der Waals surface area contributed by atoms with Gasteiger partial charge in [0.1, 0.15) is 0 Å². The molecule has 8 aliphatic rings. The fourth-order valence-corrected chi connectivity index (χ4v) is 17.5. The number of nitrogens with zero attached hydrogens (tertiary/aromatic N) is 4. The van der Waals surface area contributed by atoms with Crippen molar-refractivity contribution in [3.8, 4) is 46.0 Å². The number of rotatable bonds is 20. The number of ether oxygens (including phenoxy) is 12. The summed E-state index contributed by atoms with van der Waals surface area (Å²) < 4.78 is 66.5. The monoisotopic (exact) mass is 1510 g/mol. The van der Waals surface area contributed by atoms with Crippen LogP contribution in [0.2, 0.25) is 0 Å². The van der Waals surface area contributed by atoms with Crippen LogP contribution in [0.4, 0.5) is 19.2 Å². The SMILES string of the molecule is COC(=O)N1C[C@@H](c2ccc(OC)c(OC3CCCC3)c2)[C@](C)([C@@H](C)O)C1.COC(=O)N1C[C@@H](c2ccc(OC)c(OC3CCCC3)c2)[C@](C)([C@H](C)O)C1.COC(=O)N1C[C@H](c2ccc(OC)c(OC3CCCC3)c2)[C@@](C)([C@@H](C)O)C1.COC(=O)N1C[C@H](c2ccc(OC)c(OC3CCCC3)c2)[C@@](C)([C@H](C)O)C1. The van der Waals surface area contributed by atoms with Gasteiger partial charge in [-0.3, -0.25) is 0 Å². The molecule has 24 heteroatoms. The van der Waals surface area contributed by atoms with Gasteiger partial charge in [-0.25, -0.2) is 19.2 Å². The zero-order chi connectivity index (χ0) is 78.4. The Morgan fingerprint density at radius 3 is 0.639 bits per heavy atom. The first-order chi connectivity index (χ1) is 51.5. The molecule has 4 aliphatic carbocycles. The third-order valence-electron chi connectivity index (χ3n) is 25.2. The summed E-state index contributed by atoms with van der Waals surface area (Å²) in [6.45, 7) is 19.0. The topological polar surface area (TPSA) is 273 Å². The summed E-state index contributed by atoms with van der Waals surface area (Å²) in [7, 11) is 12.1. The number of amides is 4. The van der Waals surface area contributed by atoms with E-state index in [1.165, 1.54) is 79.8 Å². The van der Waals surface area contributed by atoms with Gasteiger partial charge in [-0.15, -0.1) is 0 Å². The third kappa shape index (κ3) is 19.1. The van der Waals surface area contributed by atoms with Crippen LogP contribution in [0.1, 0.15) is 204 Å². The van der Waals surface area contributed by atoms with E-state index in [4.69, 9.17) is 56.8 Å². The first-order valence-corrected chi connectivity index (χ1v) is 39.0. The van der Waals surface area contributed by atoms with Crippen LogP contribution < -0.4 is 37.9 Å². The van der Waals surface area contributed by atoms with Crippen LogP contribution in [0.25, 0.3) is 0 Å². The van der Waals surface area contributed by atoms with Crippen molar-refractivity contribution in [2.45, 2.75) is 231 Å². The molecule has 12 rings (SSSR count). The fourth-order valence-electron chi connectivity index (χ4n) is 17.5. The van der Waals surface area contributed by atoms with Gasteiger partial charge >= 0.3 is 24.4 Å². The quantitative estimate of drug-likeness (QED) is 0.0599. The lowest BCUT2D eigenvalue weighted by Crippen LogP contribution is -2.38. The van der Waals surface area contributed by atoms with Crippen LogP contribution in [0.3, 0.4) is 0 Å². The molecule has 4 amide bonds. The van der Waals surface area contributed by atoms with Crippen molar-refractivity contribution in [3.63, 3.8) is 0 Å². The summed E-state index contributed by atoms with van der Waals surface area (Å²) in [6, 6.07) is 23.8. The molecule has 4 saturated carbocycles. The van der Waals surface area contributed by atoms with Crippen molar-refractivity contribution in [1.29, 1.82) is 0 Å². The first kappa shape index (κ1) is 84.2. The minimum atomic E-state index is -0.571. The van der Waals surface area contributed by atoms with Gasteiger partial charge in [0.05, 0.1) is 106 Å². The van der Waals surface area contributed by atoms with Crippen molar-refractivity contribution in [2.75, 3.05) is 109 Å². The molecule has 0 unspecified atom stereocenters. The number of carbonyl (C=O) groups is 4. The van der Waals surface area contributed by atoms with Crippen LogP contribution in [-0.4, -0.2) is 222 Å². The third-order valence-corrected chi connectivity index (χ3v) is 25.2. The van der Waals surface area contributed by atoms with E-state index in [0.717, 1.165) is 96.6 Å². The molecular weight excluding hydrogens is 1380 g/mol. The highest BCUT2D eigenvalue weighted by Gasteiger charge is 2.53. The molecule has 108 heavy (non-hydrogen) atoms. The van der Waals surface area contributed by atoms with Crippen molar-refractivity contribution in [3.05, 3.63) is 95.1 Å². The average Bonchev–Trinajstić information content (AvgIpc) is 1.63. The molecule has 600 valence electrons. The van der Waals surface area contributed by atoms with Crippen LogP contribution in [0.5, 0.6) is 46.0 Å². The number of benzene rings is 4. The van der Waals surface area contributed by atoms with E-state index in [1.807, 2.05) is 100 Å². The average molecular weight is 1510 g/mol. The van der Waals surface area contributed by atoms with Gasteiger partial charge < -0.3 is 96.9 Å². The Morgan fingerprint density at radius 1 is 0.315 bits per heavy atom. The van der Waals surface area contributed by atoms with Crippen LogP contribution in [0.15, 0.2) is 72.8 Å². The standard InChI is InChI=1S/4C21H31NO5/c4*1-14(23)21(2)13-22(20(24)26-4)12-17(21)15-9-10-18(25-3)19(11-15)27-16-7-5-6-8-16/h4*9-11,14,16-17,23H,5-8,12-13H2,1-4H3/t2*14-,17+,21+;2*14-,17-,21-/m1010/s1. The van der Waals surface area contributed by atoms with E-state index in [2.05, 4.69) is 0 Å². The Labute approximate surface area is 640 Å². The maximum atomic E-state index is 12.1. The van der Waals surface area contributed by atoms with Crippen molar-refractivity contribution in [1.82, 2.24) is 19.6 Å². The second kappa shape index (κ2) is 37.3. The molecule has 4 aromatic rings. The first-order valence-electron chi connectivity index (χ1n) is 39.0. The van der Waals surface area contributed by atoms with Crippen molar-refractivity contribution in [2.24, 2.45) is 21.7 Å². The summed E-state index contributed by atoms with van der Waals surface area (Å²) in [5.74, 6) is 5.75. The summed E-state index contributed by atoms with van der Waals surface area (Å²) in [5.41, 5.74) is 2.30. The lowest BCUT2D eigenvalue weighted by atomic mass is 9.72. The van der Waals surface area contributed by atoms with E-state index in [-0.39, 0.29) is 72.5 Å². The predicted octanol–water partition coefficient (Wildman–Crippen LogP) is 14.3. The number of carbonyl (C=O) groups excluding carboxylic acids is 4. The Kier molecular flexibility index (Phi) is 29.1. The number of hydrogen-bond donors (Lipinski definition) is 4. The zero-order valence-corrected chi connectivity index (χ0v) is 66.9. The summed E-state index contributed by atoms with van der Waals surface area (Å²) in [5, 5.41) is 41.9. The van der Waals surface area contributed by atoms with Crippen LogP contribution in [0, 0.1) is 21.7 Å². The molecular formula is C84H124N4O20. The zero-order valence-electron chi connectivity index (χ0n) is 66.9. The Hall–Kier alpha value is -7.80. The minimum absolute atomic E-state index is 0.0200. The van der Waals surface area contributed by atoms with Gasteiger partial charge in [-0.2, -0.15) is 0 Å². The molecule has 4 aromatic carbocycles. The maximum Gasteiger partial charge on any atom is 0.409 e. The van der Waals surface area contributed by atoms with Gasteiger partial charge in [0.2, 0.25) is 0 Å². The summed E-state index contributed by atoms with van der Waals surface area (Å²) >= 11 is 0. The maximum absolute atomic E-state index is 12.1. The molecule has 4 aliphatic heterocycles. The molecule has 0 spiro atoms. The molecule has 0 radical (unpaired) electrons. The largest absolute Gasteiger partial charge is 0.493 e. The predicted molar refractivity (Wildman–Crippen MR) is 410 cm³/mol. The summed E-state index contributed by atoms with van der Waals surface area (Å²) in [6.07, 6.45) is 15.3. The summed E-state index contributed by atoms with van der Waals surface area (Å²) in [4.78, 5) is 55.0. The van der Waals surface area contributed by atoms with Gasteiger partial charge in [0, 0.05) is 97.7 Å². The molecule has 0 bridgehead atoms. The molecule has 4 N–H and O–H groups in total. The Morgan fingerprint density at radius 2 is 0.491 bits per heavy atom.